The normalized spacial score (nSPS) is 10.2. The van der Waals surface area contributed by atoms with E-state index in [9.17, 15) is 14.0 Å². The first kappa shape index (κ1) is 15.1. The van der Waals surface area contributed by atoms with Crippen molar-refractivity contribution in [3.8, 4) is 0 Å². The average molecular weight is 307 g/mol. The van der Waals surface area contributed by atoms with Crippen LogP contribution < -0.4 is 10.6 Å². The number of aromatic nitrogens is 1. The maximum Gasteiger partial charge on any atom is 0.230 e. The zero-order valence-corrected chi connectivity index (χ0v) is 12.4. The highest BCUT2D eigenvalue weighted by Crippen LogP contribution is 2.17. The van der Waals surface area contributed by atoms with E-state index in [2.05, 4.69) is 15.6 Å². The predicted molar refractivity (Wildman–Crippen MR) is 79.9 cm³/mol. The summed E-state index contributed by atoms with van der Waals surface area (Å²) in [6.07, 6.45) is 0.0611. The lowest BCUT2D eigenvalue weighted by atomic mass is 10.2. The molecule has 0 aliphatic carbocycles. The first-order valence-electron chi connectivity index (χ1n) is 6.22. The molecule has 0 saturated carbocycles. The molecule has 0 spiro atoms. The summed E-state index contributed by atoms with van der Waals surface area (Å²) in [6.45, 7) is 3.04. The van der Waals surface area contributed by atoms with Crippen LogP contribution in [0.25, 0.3) is 0 Å². The van der Waals surface area contributed by atoms with Gasteiger partial charge in [0.2, 0.25) is 11.8 Å². The van der Waals surface area contributed by atoms with Crippen LogP contribution >= 0.6 is 11.3 Å². The maximum absolute atomic E-state index is 13.4. The van der Waals surface area contributed by atoms with Crippen LogP contribution in [0.4, 0.5) is 15.2 Å². The molecule has 0 radical (unpaired) electrons. The molecule has 2 N–H and O–H groups in total. The number of benzene rings is 1. The standard InChI is InChI=1S/C14H14FN3O2S/c1-8-3-4-10(5-12(8)15)17-13(20)6-11-7-21-14(18-11)16-9(2)19/h3-5,7H,6H2,1-2H3,(H,17,20)(H,16,18,19). The number of nitrogens with one attached hydrogen (secondary N) is 2. The summed E-state index contributed by atoms with van der Waals surface area (Å²) in [5, 5.41) is 7.30. The van der Waals surface area contributed by atoms with E-state index in [1.54, 1.807) is 24.4 Å². The van der Waals surface area contributed by atoms with Gasteiger partial charge in [-0.05, 0) is 24.6 Å². The third-order valence-corrected chi connectivity index (χ3v) is 3.44. The van der Waals surface area contributed by atoms with E-state index >= 15 is 0 Å². The lowest BCUT2D eigenvalue weighted by Gasteiger charge is -2.05. The van der Waals surface area contributed by atoms with Crippen molar-refractivity contribution in [1.82, 2.24) is 4.98 Å². The second-order valence-electron chi connectivity index (χ2n) is 4.51. The molecule has 2 rings (SSSR count). The number of amides is 2. The van der Waals surface area contributed by atoms with Crippen LogP contribution in [0.3, 0.4) is 0 Å². The zero-order chi connectivity index (χ0) is 15.4. The average Bonchev–Trinajstić information content (AvgIpc) is 2.80. The second kappa shape index (κ2) is 6.45. The number of thiazole rings is 1. The quantitative estimate of drug-likeness (QED) is 0.912. The summed E-state index contributed by atoms with van der Waals surface area (Å²) in [7, 11) is 0. The maximum atomic E-state index is 13.4. The van der Waals surface area contributed by atoms with E-state index in [0.29, 0.717) is 22.1 Å². The highest BCUT2D eigenvalue weighted by molar-refractivity contribution is 7.13. The van der Waals surface area contributed by atoms with Gasteiger partial charge in [0, 0.05) is 18.0 Å². The molecule has 1 aromatic carbocycles. The van der Waals surface area contributed by atoms with Crippen LogP contribution in [0.15, 0.2) is 23.6 Å². The Bertz CT molecular complexity index is 685. The Morgan fingerprint density at radius 2 is 2.10 bits per heavy atom. The van der Waals surface area contributed by atoms with Gasteiger partial charge in [0.05, 0.1) is 12.1 Å². The molecule has 0 unspecified atom stereocenters. The fourth-order valence-electron chi connectivity index (χ4n) is 1.64. The van der Waals surface area contributed by atoms with E-state index in [-0.39, 0.29) is 24.1 Å². The largest absolute Gasteiger partial charge is 0.326 e. The Morgan fingerprint density at radius 3 is 2.76 bits per heavy atom. The van der Waals surface area contributed by atoms with Crippen molar-refractivity contribution in [2.45, 2.75) is 20.3 Å². The zero-order valence-electron chi connectivity index (χ0n) is 11.6. The van der Waals surface area contributed by atoms with E-state index in [1.807, 2.05) is 0 Å². The summed E-state index contributed by atoms with van der Waals surface area (Å²) >= 11 is 1.25. The molecule has 0 atom stereocenters. The molecule has 1 heterocycles. The highest BCUT2D eigenvalue weighted by Gasteiger charge is 2.09. The number of anilines is 2. The molecule has 1 aromatic heterocycles. The number of aryl methyl sites for hydroxylation is 1. The molecule has 0 aliphatic rings. The van der Waals surface area contributed by atoms with Gasteiger partial charge in [-0.25, -0.2) is 9.37 Å². The van der Waals surface area contributed by atoms with E-state index < -0.39 is 0 Å². The van der Waals surface area contributed by atoms with Crippen molar-refractivity contribution in [3.05, 3.63) is 40.7 Å². The van der Waals surface area contributed by atoms with Crippen LogP contribution in [-0.4, -0.2) is 16.8 Å². The van der Waals surface area contributed by atoms with Crippen molar-refractivity contribution in [3.63, 3.8) is 0 Å². The molecule has 0 fully saturated rings. The van der Waals surface area contributed by atoms with Gasteiger partial charge in [0.25, 0.3) is 0 Å². The monoisotopic (exact) mass is 307 g/mol. The molecule has 5 nitrogen and oxygen atoms in total. The highest BCUT2D eigenvalue weighted by atomic mass is 32.1. The van der Waals surface area contributed by atoms with Crippen molar-refractivity contribution >= 4 is 34.0 Å². The smallest absolute Gasteiger partial charge is 0.230 e. The van der Waals surface area contributed by atoms with Crippen LogP contribution in [0.5, 0.6) is 0 Å². The second-order valence-corrected chi connectivity index (χ2v) is 5.37. The third-order valence-electron chi connectivity index (χ3n) is 2.63. The SMILES string of the molecule is CC(=O)Nc1nc(CC(=O)Nc2ccc(C)c(F)c2)cs1. The van der Waals surface area contributed by atoms with Crippen molar-refractivity contribution in [1.29, 1.82) is 0 Å². The molecular formula is C14H14FN3O2S. The van der Waals surface area contributed by atoms with Gasteiger partial charge in [-0.2, -0.15) is 0 Å². The summed E-state index contributed by atoms with van der Waals surface area (Å²) in [5.41, 5.74) is 1.47. The first-order chi connectivity index (χ1) is 9.94. The van der Waals surface area contributed by atoms with Crippen molar-refractivity contribution in [2.75, 3.05) is 10.6 Å². The van der Waals surface area contributed by atoms with Gasteiger partial charge in [-0.15, -0.1) is 11.3 Å². The Labute approximate surface area is 125 Å². The van der Waals surface area contributed by atoms with Gasteiger partial charge in [0.15, 0.2) is 5.13 Å². The number of nitrogens with zero attached hydrogens (tertiary/aromatic N) is 1. The number of carbonyl (C=O) groups excluding carboxylic acids is 2. The number of rotatable bonds is 4. The summed E-state index contributed by atoms with van der Waals surface area (Å²) in [4.78, 5) is 26.9. The van der Waals surface area contributed by atoms with Crippen LogP contribution in [0, 0.1) is 12.7 Å². The minimum atomic E-state index is -0.366. The predicted octanol–water partition coefficient (Wildman–Crippen LogP) is 2.73. The van der Waals surface area contributed by atoms with Crippen molar-refractivity contribution < 1.29 is 14.0 Å². The fourth-order valence-corrected chi connectivity index (χ4v) is 2.39. The molecule has 7 heteroatoms. The molecule has 0 bridgehead atoms. The number of carbonyl (C=O) groups is 2. The molecular weight excluding hydrogens is 293 g/mol. The van der Waals surface area contributed by atoms with E-state index in [1.165, 1.54) is 24.3 Å². The van der Waals surface area contributed by atoms with E-state index in [0.717, 1.165) is 0 Å². The Hall–Kier alpha value is -2.28. The number of hydrogen-bond donors (Lipinski definition) is 2. The molecule has 0 aliphatic heterocycles. The molecule has 21 heavy (non-hydrogen) atoms. The lowest BCUT2D eigenvalue weighted by molar-refractivity contribution is -0.116. The topological polar surface area (TPSA) is 71.1 Å². The van der Waals surface area contributed by atoms with Crippen LogP contribution in [0.1, 0.15) is 18.2 Å². The van der Waals surface area contributed by atoms with E-state index in [4.69, 9.17) is 0 Å². The Morgan fingerprint density at radius 1 is 1.33 bits per heavy atom. The van der Waals surface area contributed by atoms with Gasteiger partial charge in [-0.1, -0.05) is 6.07 Å². The molecule has 0 saturated heterocycles. The first-order valence-corrected chi connectivity index (χ1v) is 7.10. The lowest BCUT2D eigenvalue weighted by Crippen LogP contribution is -2.15. The van der Waals surface area contributed by atoms with Gasteiger partial charge in [-0.3, -0.25) is 9.59 Å². The van der Waals surface area contributed by atoms with Crippen molar-refractivity contribution in [2.24, 2.45) is 0 Å². The Balaban J connectivity index is 1.96. The van der Waals surface area contributed by atoms with Crippen LogP contribution in [-0.2, 0) is 16.0 Å². The summed E-state index contributed by atoms with van der Waals surface area (Å²) < 4.78 is 13.4. The minimum absolute atomic E-state index is 0.0611. The third kappa shape index (κ3) is 4.35. The van der Waals surface area contributed by atoms with Gasteiger partial charge < -0.3 is 10.6 Å². The Kier molecular flexibility index (Phi) is 4.64. The van der Waals surface area contributed by atoms with Crippen LogP contribution in [0.2, 0.25) is 0 Å². The van der Waals surface area contributed by atoms with Gasteiger partial charge >= 0.3 is 0 Å². The summed E-state index contributed by atoms with van der Waals surface area (Å²) in [6, 6.07) is 4.51. The van der Waals surface area contributed by atoms with Gasteiger partial charge in [0.1, 0.15) is 5.82 Å². The minimum Gasteiger partial charge on any atom is -0.326 e. The number of hydrogen-bond acceptors (Lipinski definition) is 4. The summed E-state index contributed by atoms with van der Waals surface area (Å²) in [5.74, 6) is -0.872. The fraction of sp³-hybridized carbons (Fsp3) is 0.214. The molecule has 2 aromatic rings. The molecule has 2 amide bonds. The molecule has 110 valence electrons. The number of halogens is 1.